The molecule has 2 saturated heterocycles. The molecule has 2 aliphatic heterocycles. The first-order valence-electron chi connectivity index (χ1n) is 11.6. The third-order valence-electron chi connectivity index (χ3n) is 6.49. The Morgan fingerprint density at radius 1 is 0.941 bits per heavy atom. The maximum absolute atomic E-state index is 13.6. The van der Waals surface area contributed by atoms with E-state index in [1.165, 1.54) is 9.21 Å². The third-order valence-corrected chi connectivity index (χ3v) is 8.40. The van der Waals surface area contributed by atoms with Crippen LogP contribution in [0, 0.1) is 12.8 Å². The van der Waals surface area contributed by atoms with E-state index in [4.69, 9.17) is 0 Å². The van der Waals surface area contributed by atoms with Crippen molar-refractivity contribution in [1.82, 2.24) is 19.4 Å². The monoisotopic (exact) mass is 484 g/mol. The van der Waals surface area contributed by atoms with Crippen LogP contribution in [0.15, 0.2) is 59.5 Å². The fraction of sp³-hybridized carbons (Fsp3) is 0.440. The molecule has 3 amide bonds. The molecule has 0 bridgehead atoms. The molecule has 9 heteroatoms. The van der Waals surface area contributed by atoms with Gasteiger partial charge in [-0.15, -0.1) is 0 Å². The zero-order valence-corrected chi connectivity index (χ0v) is 20.7. The molecule has 2 aromatic rings. The van der Waals surface area contributed by atoms with E-state index in [0.717, 1.165) is 11.1 Å². The van der Waals surface area contributed by atoms with Gasteiger partial charge in [-0.3, -0.25) is 9.69 Å². The average Bonchev–Trinajstić information content (AvgIpc) is 3.05. The van der Waals surface area contributed by atoms with Crippen molar-refractivity contribution >= 4 is 22.0 Å². The summed E-state index contributed by atoms with van der Waals surface area (Å²) < 4.78 is 27.4. The van der Waals surface area contributed by atoms with Crippen LogP contribution in [0.5, 0.6) is 0 Å². The normalized spacial score (nSPS) is 22.4. The molecule has 34 heavy (non-hydrogen) atoms. The summed E-state index contributed by atoms with van der Waals surface area (Å²) in [4.78, 5) is 30.0. The van der Waals surface area contributed by atoms with Crippen LogP contribution < -0.4 is 5.32 Å². The van der Waals surface area contributed by atoms with Gasteiger partial charge in [0.05, 0.1) is 11.6 Å². The van der Waals surface area contributed by atoms with Gasteiger partial charge >= 0.3 is 6.03 Å². The van der Waals surface area contributed by atoms with E-state index in [-0.39, 0.29) is 23.4 Å². The molecule has 0 aromatic heterocycles. The summed E-state index contributed by atoms with van der Waals surface area (Å²) in [6.45, 7) is 7.58. The molecular weight excluding hydrogens is 452 g/mol. The van der Waals surface area contributed by atoms with Gasteiger partial charge in [-0.25, -0.2) is 18.1 Å². The second-order valence-electron chi connectivity index (χ2n) is 9.51. The summed E-state index contributed by atoms with van der Waals surface area (Å²) in [5, 5.41) is 2.97. The van der Waals surface area contributed by atoms with Crippen molar-refractivity contribution in [2.24, 2.45) is 5.92 Å². The van der Waals surface area contributed by atoms with E-state index in [9.17, 15) is 18.0 Å². The predicted molar refractivity (Wildman–Crippen MR) is 129 cm³/mol. The number of benzene rings is 2. The van der Waals surface area contributed by atoms with E-state index < -0.39 is 21.6 Å². The fourth-order valence-corrected chi connectivity index (χ4v) is 6.13. The Morgan fingerprint density at radius 2 is 1.56 bits per heavy atom. The summed E-state index contributed by atoms with van der Waals surface area (Å²) in [6.07, 6.45) is 0.501. The molecule has 4 rings (SSSR count). The van der Waals surface area contributed by atoms with Crippen molar-refractivity contribution in [3.05, 3.63) is 65.7 Å². The van der Waals surface area contributed by atoms with E-state index in [1.54, 1.807) is 24.3 Å². The lowest BCUT2D eigenvalue weighted by Gasteiger charge is -2.35. The highest BCUT2D eigenvalue weighted by Gasteiger charge is 2.52. The van der Waals surface area contributed by atoms with Crippen molar-refractivity contribution in [2.45, 2.75) is 37.6 Å². The Bertz CT molecular complexity index is 1140. The maximum Gasteiger partial charge on any atom is 0.326 e. The highest BCUT2D eigenvalue weighted by atomic mass is 32.2. The first-order valence-corrected chi connectivity index (χ1v) is 13.1. The van der Waals surface area contributed by atoms with E-state index >= 15 is 0 Å². The van der Waals surface area contributed by atoms with Gasteiger partial charge in [-0.05, 0) is 37.0 Å². The van der Waals surface area contributed by atoms with Gasteiger partial charge < -0.3 is 5.32 Å². The zero-order chi connectivity index (χ0) is 24.5. The number of sulfonamides is 1. The van der Waals surface area contributed by atoms with E-state index in [1.807, 2.05) is 56.0 Å². The van der Waals surface area contributed by atoms with Crippen LogP contribution in [-0.4, -0.2) is 67.3 Å². The first-order chi connectivity index (χ1) is 16.1. The second kappa shape index (κ2) is 9.48. The van der Waals surface area contributed by atoms with Crippen LogP contribution in [0.3, 0.4) is 0 Å². The fourth-order valence-electron chi connectivity index (χ4n) is 4.71. The smallest absolute Gasteiger partial charge is 0.319 e. The number of amides is 3. The minimum atomic E-state index is -3.57. The zero-order valence-electron chi connectivity index (χ0n) is 19.9. The number of piperazine rings is 1. The number of hydrogen-bond donors (Lipinski definition) is 1. The Labute approximate surface area is 201 Å². The molecule has 1 atom stereocenters. The molecule has 0 saturated carbocycles. The quantitative estimate of drug-likeness (QED) is 0.611. The van der Waals surface area contributed by atoms with Gasteiger partial charge in [-0.2, -0.15) is 4.31 Å². The van der Waals surface area contributed by atoms with Crippen molar-refractivity contribution < 1.29 is 18.0 Å². The number of hydrogen-bond acceptors (Lipinski definition) is 5. The SMILES string of the molecule is Cc1ccc(S(=O)(=O)N2CCN(CN3C(=O)N[C@@](CC(C)C)(c4ccccc4)C3=O)CC2)cc1. The number of aryl methyl sites for hydroxylation is 1. The number of urea groups is 1. The van der Waals surface area contributed by atoms with Gasteiger partial charge in [0.1, 0.15) is 5.54 Å². The molecule has 0 spiro atoms. The molecule has 2 aliphatic rings. The lowest BCUT2D eigenvalue weighted by Crippen LogP contribution is -2.53. The predicted octanol–water partition coefficient (Wildman–Crippen LogP) is 2.75. The Hall–Kier alpha value is -2.75. The largest absolute Gasteiger partial charge is 0.326 e. The lowest BCUT2D eigenvalue weighted by molar-refractivity contribution is -0.134. The minimum Gasteiger partial charge on any atom is -0.319 e. The number of carbonyl (C=O) groups is 2. The van der Waals surface area contributed by atoms with Crippen molar-refractivity contribution in [3.63, 3.8) is 0 Å². The molecule has 182 valence electrons. The number of nitrogens with one attached hydrogen (secondary N) is 1. The number of imide groups is 1. The van der Waals surface area contributed by atoms with Crippen LogP contribution in [0.25, 0.3) is 0 Å². The molecule has 2 heterocycles. The maximum atomic E-state index is 13.6. The number of rotatable bonds is 7. The van der Waals surface area contributed by atoms with Gasteiger partial charge in [0.2, 0.25) is 10.0 Å². The Morgan fingerprint density at radius 3 is 2.15 bits per heavy atom. The van der Waals surface area contributed by atoms with Crippen LogP contribution in [0.4, 0.5) is 4.79 Å². The van der Waals surface area contributed by atoms with E-state index in [0.29, 0.717) is 32.6 Å². The van der Waals surface area contributed by atoms with Crippen molar-refractivity contribution in [3.8, 4) is 0 Å². The minimum absolute atomic E-state index is 0.135. The topological polar surface area (TPSA) is 90.0 Å². The van der Waals surface area contributed by atoms with Crippen molar-refractivity contribution in [1.29, 1.82) is 0 Å². The lowest BCUT2D eigenvalue weighted by atomic mass is 9.82. The molecule has 1 N–H and O–H groups in total. The highest BCUT2D eigenvalue weighted by Crippen LogP contribution is 2.35. The average molecular weight is 485 g/mol. The molecular formula is C25H32N4O4S. The Kier molecular flexibility index (Phi) is 6.80. The van der Waals surface area contributed by atoms with Gasteiger partial charge in [-0.1, -0.05) is 61.9 Å². The Balaban J connectivity index is 1.45. The highest BCUT2D eigenvalue weighted by molar-refractivity contribution is 7.89. The number of carbonyl (C=O) groups excluding carboxylic acids is 2. The summed E-state index contributed by atoms with van der Waals surface area (Å²) in [7, 11) is -3.57. The molecule has 2 aromatic carbocycles. The summed E-state index contributed by atoms with van der Waals surface area (Å²) in [6, 6.07) is 15.8. The van der Waals surface area contributed by atoms with Crippen molar-refractivity contribution in [2.75, 3.05) is 32.8 Å². The molecule has 0 aliphatic carbocycles. The molecule has 8 nitrogen and oxygen atoms in total. The van der Waals surface area contributed by atoms with Crippen LogP contribution in [0.1, 0.15) is 31.4 Å². The van der Waals surface area contributed by atoms with Crippen LogP contribution in [-0.2, 0) is 20.4 Å². The summed E-state index contributed by atoms with van der Waals surface area (Å²) in [5.74, 6) is -0.0629. The second-order valence-corrected chi connectivity index (χ2v) is 11.4. The number of nitrogens with zero attached hydrogens (tertiary/aromatic N) is 3. The summed E-state index contributed by atoms with van der Waals surface area (Å²) >= 11 is 0. The van der Waals surface area contributed by atoms with Crippen LogP contribution >= 0.6 is 0 Å². The van der Waals surface area contributed by atoms with Gasteiger partial charge in [0.25, 0.3) is 5.91 Å². The van der Waals surface area contributed by atoms with Gasteiger partial charge in [0.15, 0.2) is 0 Å². The van der Waals surface area contributed by atoms with E-state index in [2.05, 4.69) is 5.32 Å². The molecule has 2 fully saturated rings. The standard InChI is InChI=1S/C25H32N4O4S/c1-19(2)17-25(21-7-5-4-6-8-21)23(30)29(24(31)26-25)18-27-13-15-28(16-14-27)34(32,33)22-11-9-20(3)10-12-22/h4-12,19H,13-18H2,1-3H3,(H,26,31)/t25-/m0/s1. The molecule has 0 radical (unpaired) electrons. The molecule has 0 unspecified atom stereocenters. The van der Waals surface area contributed by atoms with Crippen LogP contribution in [0.2, 0.25) is 0 Å². The first kappa shape index (κ1) is 24.4. The third kappa shape index (κ3) is 4.60. The summed E-state index contributed by atoms with van der Waals surface area (Å²) in [5.41, 5.74) is 0.697. The van der Waals surface area contributed by atoms with Gasteiger partial charge in [0, 0.05) is 26.2 Å².